The smallest absolute Gasteiger partial charge is 0.345 e. The van der Waals surface area contributed by atoms with Crippen LogP contribution in [0.1, 0.15) is 11.1 Å². The summed E-state index contributed by atoms with van der Waals surface area (Å²) in [6, 6.07) is 18.8. The van der Waals surface area contributed by atoms with Crippen molar-refractivity contribution < 1.29 is 14.6 Å². The third-order valence-electron chi connectivity index (χ3n) is 4.00. The number of hydrogen-bond donors (Lipinski definition) is 1. The first-order chi connectivity index (χ1) is 11.5. The summed E-state index contributed by atoms with van der Waals surface area (Å²) < 4.78 is 5.85. The number of ether oxygens (including phenoxy) is 1. The van der Waals surface area contributed by atoms with Crippen LogP contribution in [0.4, 0.5) is 0 Å². The van der Waals surface area contributed by atoms with E-state index in [4.69, 9.17) is 16.3 Å². The van der Waals surface area contributed by atoms with Gasteiger partial charge in [0.2, 0.25) is 0 Å². The van der Waals surface area contributed by atoms with E-state index in [0.717, 1.165) is 21.9 Å². The molecule has 0 aliphatic carbocycles. The Kier molecular flexibility index (Phi) is 4.72. The van der Waals surface area contributed by atoms with Gasteiger partial charge in [-0.25, -0.2) is 4.79 Å². The first-order valence-electron chi connectivity index (χ1n) is 7.67. The van der Waals surface area contributed by atoms with Gasteiger partial charge in [0.05, 0.1) is 0 Å². The molecule has 0 saturated carbocycles. The molecule has 0 saturated heterocycles. The molecule has 0 aliphatic heterocycles. The molecule has 1 atom stereocenters. The van der Waals surface area contributed by atoms with E-state index in [1.807, 2.05) is 55.5 Å². The van der Waals surface area contributed by atoms with E-state index < -0.39 is 12.1 Å². The molecule has 3 rings (SSSR count). The molecule has 0 amide bonds. The van der Waals surface area contributed by atoms with Crippen molar-refractivity contribution in [2.45, 2.75) is 19.4 Å². The third-order valence-corrected chi connectivity index (χ3v) is 4.24. The molecule has 0 radical (unpaired) electrons. The average Bonchev–Trinajstić information content (AvgIpc) is 2.56. The Hall–Kier alpha value is -2.52. The van der Waals surface area contributed by atoms with Crippen LogP contribution in [-0.4, -0.2) is 17.2 Å². The molecule has 0 fully saturated rings. The Balaban J connectivity index is 1.90. The maximum atomic E-state index is 11.7. The first-order valence-corrected chi connectivity index (χ1v) is 8.04. The number of fused-ring (bicyclic) bond motifs is 1. The lowest BCUT2D eigenvalue weighted by Gasteiger charge is -2.18. The van der Waals surface area contributed by atoms with E-state index >= 15 is 0 Å². The molecule has 0 aliphatic rings. The molecule has 0 bridgehead atoms. The second-order valence-electron chi connectivity index (χ2n) is 5.70. The Bertz CT molecular complexity index is 884. The molecule has 1 unspecified atom stereocenters. The number of rotatable bonds is 5. The monoisotopic (exact) mass is 340 g/mol. The summed E-state index contributed by atoms with van der Waals surface area (Å²) >= 11 is 5.96. The Morgan fingerprint density at radius 3 is 2.62 bits per heavy atom. The van der Waals surface area contributed by atoms with Gasteiger partial charge in [0, 0.05) is 16.8 Å². The number of halogens is 1. The van der Waals surface area contributed by atoms with Gasteiger partial charge in [0.15, 0.2) is 6.10 Å². The van der Waals surface area contributed by atoms with Crippen LogP contribution in [0.3, 0.4) is 0 Å². The van der Waals surface area contributed by atoms with Gasteiger partial charge in [-0.3, -0.25) is 0 Å². The predicted molar refractivity (Wildman–Crippen MR) is 95.9 cm³/mol. The van der Waals surface area contributed by atoms with Crippen molar-refractivity contribution in [1.82, 2.24) is 0 Å². The lowest BCUT2D eigenvalue weighted by atomic mass is 10.0. The van der Waals surface area contributed by atoms with Crippen LogP contribution in [0.25, 0.3) is 10.8 Å². The maximum absolute atomic E-state index is 11.7. The number of aliphatic carboxylic acids is 1. The Labute approximate surface area is 145 Å². The number of carbonyl (C=O) groups is 1. The highest BCUT2D eigenvalue weighted by atomic mass is 35.5. The first kappa shape index (κ1) is 16.3. The fraction of sp³-hybridized carbons (Fsp3) is 0.150. The molecular formula is C20H17ClO3. The molecule has 3 aromatic carbocycles. The van der Waals surface area contributed by atoms with Crippen molar-refractivity contribution in [3.05, 3.63) is 76.8 Å². The number of hydrogen-bond acceptors (Lipinski definition) is 2. The second kappa shape index (κ2) is 6.93. The quantitative estimate of drug-likeness (QED) is 0.720. The highest BCUT2D eigenvalue weighted by Crippen LogP contribution is 2.27. The Morgan fingerprint density at radius 1 is 1.12 bits per heavy atom. The zero-order chi connectivity index (χ0) is 17.1. The van der Waals surface area contributed by atoms with Crippen molar-refractivity contribution in [3.8, 4) is 5.75 Å². The molecule has 4 heteroatoms. The highest BCUT2D eigenvalue weighted by Gasteiger charge is 2.21. The molecule has 1 N–H and O–H groups in total. The summed E-state index contributed by atoms with van der Waals surface area (Å²) in [5.74, 6) is -0.413. The molecule has 24 heavy (non-hydrogen) atoms. The maximum Gasteiger partial charge on any atom is 0.345 e. The highest BCUT2D eigenvalue weighted by molar-refractivity contribution is 6.30. The van der Waals surface area contributed by atoms with Gasteiger partial charge >= 0.3 is 5.97 Å². The molecule has 3 nitrogen and oxygen atoms in total. The molecule has 122 valence electrons. The number of carboxylic acids is 1. The predicted octanol–water partition coefficient (Wildman–Crippen LogP) is 4.88. The van der Waals surface area contributed by atoms with Gasteiger partial charge in [-0.2, -0.15) is 0 Å². The topological polar surface area (TPSA) is 46.5 Å². The van der Waals surface area contributed by atoms with E-state index in [1.54, 1.807) is 12.1 Å². The van der Waals surface area contributed by atoms with Crippen LogP contribution < -0.4 is 4.74 Å². The molecule has 0 spiro atoms. The molecule has 0 aromatic heterocycles. The van der Waals surface area contributed by atoms with Crippen LogP contribution in [-0.2, 0) is 11.2 Å². The summed E-state index contributed by atoms with van der Waals surface area (Å²) in [7, 11) is 0. The largest absolute Gasteiger partial charge is 0.478 e. The summed E-state index contributed by atoms with van der Waals surface area (Å²) in [5, 5.41) is 12.1. The Morgan fingerprint density at radius 2 is 1.88 bits per heavy atom. The standard InChI is InChI=1S/C20H17ClO3/c1-13-11-16(21)10-9-15(13)12-19(20(22)23)24-18-8-4-6-14-5-2-3-7-17(14)18/h2-11,19H,12H2,1H3,(H,22,23). The fourth-order valence-electron chi connectivity index (χ4n) is 2.72. The van der Waals surface area contributed by atoms with Gasteiger partial charge in [-0.05, 0) is 41.6 Å². The van der Waals surface area contributed by atoms with Gasteiger partial charge < -0.3 is 9.84 Å². The van der Waals surface area contributed by atoms with E-state index in [1.165, 1.54) is 0 Å². The fourth-order valence-corrected chi connectivity index (χ4v) is 2.95. The SMILES string of the molecule is Cc1cc(Cl)ccc1CC(Oc1cccc2ccccc12)C(=O)O. The zero-order valence-electron chi connectivity index (χ0n) is 13.2. The van der Waals surface area contributed by atoms with Crippen molar-refractivity contribution in [3.63, 3.8) is 0 Å². The molecule has 0 heterocycles. The van der Waals surface area contributed by atoms with Crippen LogP contribution in [0, 0.1) is 6.92 Å². The van der Waals surface area contributed by atoms with Crippen molar-refractivity contribution >= 4 is 28.3 Å². The summed E-state index contributed by atoms with van der Waals surface area (Å²) in [6.45, 7) is 1.91. The normalized spacial score (nSPS) is 12.1. The van der Waals surface area contributed by atoms with Gasteiger partial charge in [-0.1, -0.05) is 54.1 Å². The third kappa shape index (κ3) is 3.52. The molecular weight excluding hydrogens is 324 g/mol. The summed E-state index contributed by atoms with van der Waals surface area (Å²) in [5.41, 5.74) is 1.86. The van der Waals surface area contributed by atoms with Crippen LogP contribution in [0.2, 0.25) is 5.02 Å². The lowest BCUT2D eigenvalue weighted by Crippen LogP contribution is -2.29. The zero-order valence-corrected chi connectivity index (χ0v) is 14.0. The summed E-state index contributed by atoms with van der Waals surface area (Å²) in [4.78, 5) is 11.7. The van der Waals surface area contributed by atoms with Crippen LogP contribution in [0.15, 0.2) is 60.7 Å². The minimum absolute atomic E-state index is 0.279. The minimum atomic E-state index is -0.989. The van der Waals surface area contributed by atoms with Crippen molar-refractivity contribution in [2.75, 3.05) is 0 Å². The van der Waals surface area contributed by atoms with Gasteiger partial charge in [0.1, 0.15) is 5.75 Å². The van der Waals surface area contributed by atoms with E-state index in [9.17, 15) is 9.90 Å². The van der Waals surface area contributed by atoms with Crippen molar-refractivity contribution in [1.29, 1.82) is 0 Å². The van der Waals surface area contributed by atoms with Crippen LogP contribution >= 0.6 is 11.6 Å². The van der Waals surface area contributed by atoms with Gasteiger partial charge in [0.25, 0.3) is 0 Å². The summed E-state index contributed by atoms with van der Waals surface area (Å²) in [6.07, 6.45) is -0.683. The van der Waals surface area contributed by atoms with E-state index in [-0.39, 0.29) is 6.42 Å². The average molecular weight is 341 g/mol. The van der Waals surface area contributed by atoms with Crippen molar-refractivity contribution in [2.24, 2.45) is 0 Å². The second-order valence-corrected chi connectivity index (χ2v) is 6.13. The van der Waals surface area contributed by atoms with E-state index in [0.29, 0.717) is 10.8 Å². The van der Waals surface area contributed by atoms with Crippen LogP contribution in [0.5, 0.6) is 5.75 Å². The number of benzene rings is 3. The van der Waals surface area contributed by atoms with Gasteiger partial charge in [-0.15, -0.1) is 0 Å². The number of carboxylic acid groups (broad SMARTS) is 1. The van der Waals surface area contributed by atoms with E-state index in [2.05, 4.69) is 0 Å². The minimum Gasteiger partial charge on any atom is -0.478 e. The lowest BCUT2D eigenvalue weighted by molar-refractivity contribution is -0.144. The molecule has 3 aromatic rings. The number of aryl methyl sites for hydroxylation is 1.